The number of amides is 1. The van der Waals surface area contributed by atoms with Crippen molar-refractivity contribution in [1.29, 1.82) is 0 Å². The molecule has 8 heteroatoms. The van der Waals surface area contributed by atoms with Crippen LogP contribution in [0.5, 0.6) is 0 Å². The van der Waals surface area contributed by atoms with Crippen LogP contribution in [0, 0.1) is 13.8 Å². The predicted octanol–water partition coefficient (Wildman–Crippen LogP) is 1.20. The molecule has 1 aromatic rings. The fourth-order valence-electron chi connectivity index (χ4n) is 2.81. The van der Waals surface area contributed by atoms with Gasteiger partial charge in [-0.05, 0) is 39.7 Å². The van der Waals surface area contributed by atoms with Gasteiger partial charge < -0.3 is 19.8 Å². The second-order valence-electron chi connectivity index (χ2n) is 5.95. The van der Waals surface area contributed by atoms with E-state index in [2.05, 4.69) is 10.3 Å². The standard InChI is InChI=1S/C17H22N2O6/c1-5-24-17(23)13-8(2)14(18-9(13)3)15(21)10(4)25-16(22)11-6-7-12(20)19-11/h10-11,18H,5-7H2,1-4H3,(H,19,20)/t10-,11+/m1/s1. The lowest BCUT2D eigenvalue weighted by atomic mass is 10.1. The first-order valence-corrected chi connectivity index (χ1v) is 8.16. The van der Waals surface area contributed by atoms with E-state index >= 15 is 0 Å². The van der Waals surface area contributed by atoms with Crippen molar-refractivity contribution in [3.8, 4) is 0 Å². The van der Waals surface area contributed by atoms with Gasteiger partial charge in [-0.2, -0.15) is 0 Å². The van der Waals surface area contributed by atoms with Crippen LogP contribution in [0.2, 0.25) is 0 Å². The number of carbonyl (C=O) groups is 4. The molecule has 8 nitrogen and oxygen atoms in total. The molecule has 0 radical (unpaired) electrons. The Kier molecular flexibility index (Phi) is 5.61. The minimum absolute atomic E-state index is 0.205. The monoisotopic (exact) mass is 350 g/mol. The van der Waals surface area contributed by atoms with Crippen LogP contribution in [0.15, 0.2) is 0 Å². The van der Waals surface area contributed by atoms with Gasteiger partial charge in [0.2, 0.25) is 11.7 Å². The van der Waals surface area contributed by atoms with Gasteiger partial charge in [0, 0.05) is 12.1 Å². The number of rotatable bonds is 6. The van der Waals surface area contributed by atoms with Crippen molar-refractivity contribution in [2.75, 3.05) is 6.61 Å². The molecule has 25 heavy (non-hydrogen) atoms. The van der Waals surface area contributed by atoms with Crippen LogP contribution in [0.4, 0.5) is 0 Å². The first-order valence-electron chi connectivity index (χ1n) is 8.16. The van der Waals surface area contributed by atoms with Crippen LogP contribution < -0.4 is 5.32 Å². The van der Waals surface area contributed by atoms with Crippen LogP contribution in [0.3, 0.4) is 0 Å². The number of ether oxygens (including phenoxy) is 2. The topological polar surface area (TPSA) is 115 Å². The molecule has 2 N–H and O–H groups in total. The summed E-state index contributed by atoms with van der Waals surface area (Å²) in [4.78, 5) is 50.6. The lowest BCUT2D eigenvalue weighted by Gasteiger charge is -2.15. The van der Waals surface area contributed by atoms with Crippen molar-refractivity contribution in [3.63, 3.8) is 0 Å². The fraction of sp³-hybridized carbons (Fsp3) is 0.529. The molecule has 0 spiro atoms. The van der Waals surface area contributed by atoms with Crippen LogP contribution >= 0.6 is 0 Å². The van der Waals surface area contributed by atoms with E-state index in [9.17, 15) is 19.2 Å². The number of nitrogens with one attached hydrogen (secondary N) is 2. The highest BCUT2D eigenvalue weighted by Crippen LogP contribution is 2.21. The van der Waals surface area contributed by atoms with Gasteiger partial charge in [0.25, 0.3) is 0 Å². The zero-order chi connectivity index (χ0) is 18.7. The molecule has 2 atom stereocenters. The van der Waals surface area contributed by atoms with E-state index in [0.717, 1.165) is 0 Å². The van der Waals surface area contributed by atoms with Crippen LogP contribution in [0.25, 0.3) is 0 Å². The number of ketones is 1. The molecule has 0 saturated carbocycles. The van der Waals surface area contributed by atoms with E-state index in [1.165, 1.54) is 6.92 Å². The van der Waals surface area contributed by atoms with Crippen molar-refractivity contribution in [3.05, 3.63) is 22.5 Å². The second-order valence-corrected chi connectivity index (χ2v) is 5.95. The summed E-state index contributed by atoms with van der Waals surface area (Å²) < 4.78 is 10.2. The van der Waals surface area contributed by atoms with Crippen molar-refractivity contribution in [1.82, 2.24) is 10.3 Å². The summed E-state index contributed by atoms with van der Waals surface area (Å²) in [7, 11) is 0. The summed E-state index contributed by atoms with van der Waals surface area (Å²) >= 11 is 0. The van der Waals surface area contributed by atoms with Crippen molar-refractivity contribution in [2.45, 2.75) is 52.7 Å². The number of Topliss-reactive ketones (excluding diaryl/α,β-unsaturated/α-hetero) is 1. The van der Waals surface area contributed by atoms with E-state index in [4.69, 9.17) is 9.47 Å². The molecule has 1 amide bonds. The Morgan fingerprint density at radius 1 is 1.28 bits per heavy atom. The number of esters is 2. The van der Waals surface area contributed by atoms with Crippen molar-refractivity contribution >= 4 is 23.6 Å². The Balaban J connectivity index is 2.12. The zero-order valence-corrected chi connectivity index (χ0v) is 14.7. The second kappa shape index (κ2) is 7.50. The van der Waals surface area contributed by atoms with Gasteiger partial charge in [0.15, 0.2) is 6.10 Å². The lowest BCUT2D eigenvalue weighted by Crippen LogP contribution is -2.38. The van der Waals surface area contributed by atoms with Gasteiger partial charge in [0.05, 0.1) is 17.9 Å². The molecular weight excluding hydrogens is 328 g/mol. The fourth-order valence-corrected chi connectivity index (χ4v) is 2.81. The van der Waals surface area contributed by atoms with Gasteiger partial charge in [-0.3, -0.25) is 9.59 Å². The molecule has 1 aliphatic heterocycles. The molecule has 0 unspecified atom stereocenters. The molecule has 1 saturated heterocycles. The molecule has 136 valence electrons. The zero-order valence-electron chi connectivity index (χ0n) is 14.7. The van der Waals surface area contributed by atoms with E-state index in [1.807, 2.05) is 0 Å². The Morgan fingerprint density at radius 3 is 2.52 bits per heavy atom. The molecule has 2 rings (SSSR count). The maximum absolute atomic E-state index is 12.6. The van der Waals surface area contributed by atoms with E-state index in [1.54, 1.807) is 20.8 Å². The number of hydrogen-bond acceptors (Lipinski definition) is 6. The number of aromatic nitrogens is 1. The average molecular weight is 350 g/mol. The van der Waals surface area contributed by atoms with E-state index in [0.29, 0.717) is 23.2 Å². The number of H-pyrrole nitrogens is 1. The molecule has 0 aliphatic carbocycles. The minimum atomic E-state index is -1.04. The highest BCUT2D eigenvalue weighted by atomic mass is 16.5. The maximum atomic E-state index is 12.6. The molecule has 1 aliphatic rings. The molecule has 0 bridgehead atoms. The Labute approximate surface area is 145 Å². The summed E-state index contributed by atoms with van der Waals surface area (Å²) in [6, 6.07) is -0.718. The third kappa shape index (κ3) is 3.89. The minimum Gasteiger partial charge on any atom is -0.462 e. The van der Waals surface area contributed by atoms with Gasteiger partial charge in [-0.25, -0.2) is 9.59 Å². The highest BCUT2D eigenvalue weighted by molar-refractivity contribution is 6.04. The molecule has 1 aromatic heterocycles. The van der Waals surface area contributed by atoms with Crippen LogP contribution in [0.1, 0.15) is 58.8 Å². The van der Waals surface area contributed by atoms with Gasteiger partial charge in [0.1, 0.15) is 6.04 Å². The average Bonchev–Trinajstić information content (AvgIpc) is 3.10. The Morgan fingerprint density at radius 2 is 1.96 bits per heavy atom. The van der Waals surface area contributed by atoms with Crippen LogP contribution in [-0.2, 0) is 19.1 Å². The summed E-state index contributed by atoms with van der Waals surface area (Å²) in [5.41, 5.74) is 1.49. The van der Waals surface area contributed by atoms with Crippen LogP contribution in [-0.4, -0.2) is 47.4 Å². The number of aryl methyl sites for hydroxylation is 1. The Bertz CT molecular complexity index is 721. The summed E-state index contributed by atoms with van der Waals surface area (Å²) in [6.45, 7) is 6.68. The molecular formula is C17H22N2O6. The largest absolute Gasteiger partial charge is 0.462 e. The third-order valence-corrected chi connectivity index (χ3v) is 4.11. The quantitative estimate of drug-likeness (QED) is 0.588. The summed E-state index contributed by atoms with van der Waals surface area (Å²) in [5, 5.41) is 2.50. The normalized spacial score (nSPS) is 17.8. The third-order valence-electron chi connectivity index (χ3n) is 4.11. The maximum Gasteiger partial charge on any atom is 0.340 e. The van der Waals surface area contributed by atoms with E-state index < -0.39 is 29.9 Å². The molecule has 0 aromatic carbocycles. The first kappa shape index (κ1) is 18.7. The SMILES string of the molecule is CCOC(=O)c1c(C)[nH]c(C(=O)[C@@H](C)OC(=O)[C@@H]2CCC(=O)N2)c1C. The van der Waals surface area contributed by atoms with Gasteiger partial charge in [-0.1, -0.05) is 0 Å². The van der Waals surface area contributed by atoms with E-state index in [-0.39, 0.29) is 24.6 Å². The van der Waals surface area contributed by atoms with Gasteiger partial charge in [-0.15, -0.1) is 0 Å². The highest BCUT2D eigenvalue weighted by Gasteiger charge is 2.32. The molecule has 1 fully saturated rings. The van der Waals surface area contributed by atoms with Gasteiger partial charge >= 0.3 is 11.9 Å². The molecule has 2 heterocycles. The lowest BCUT2D eigenvalue weighted by molar-refractivity contribution is -0.149. The van der Waals surface area contributed by atoms with Crippen molar-refractivity contribution in [2.24, 2.45) is 0 Å². The smallest absolute Gasteiger partial charge is 0.340 e. The number of hydrogen-bond donors (Lipinski definition) is 2. The van der Waals surface area contributed by atoms with Crippen molar-refractivity contribution < 1.29 is 28.7 Å². The number of aromatic amines is 1. The summed E-state index contributed by atoms with van der Waals surface area (Å²) in [5.74, 6) is -1.81. The number of carbonyl (C=O) groups excluding carboxylic acids is 4. The Hall–Kier alpha value is -2.64. The first-order chi connectivity index (χ1) is 11.8. The predicted molar refractivity (Wildman–Crippen MR) is 87.3 cm³/mol. The summed E-state index contributed by atoms with van der Waals surface area (Å²) in [6.07, 6.45) is -0.427.